The SMILES string of the molecule is COc1ccc(Cl)cc1NC(=O)CSc1nnc(-c2cc3ccccc3o2)n1C. The second kappa shape index (κ2) is 8.18. The van der Waals surface area contributed by atoms with Crippen LogP contribution < -0.4 is 10.1 Å². The van der Waals surface area contributed by atoms with Gasteiger partial charge in [0.05, 0.1) is 18.6 Å². The first-order valence-corrected chi connectivity index (χ1v) is 10.1. The summed E-state index contributed by atoms with van der Waals surface area (Å²) < 4.78 is 12.9. The van der Waals surface area contributed by atoms with Crippen molar-refractivity contribution in [3.63, 3.8) is 0 Å². The van der Waals surface area contributed by atoms with Crippen molar-refractivity contribution in [3.05, 3.63) is 53.6 Å². The molecule has 7 nitrogen and oxygen atoms in total. The van der Waals surface area contributed by atoms with Crippen molar-refractivity contribution < 1.29 is 13.9 Å². The van der Waals surface area contributed by atoms with Gasteiger partial charge in [0.1, 0.15) is 11.3 Å². The van der Waals surface area contributed by atoms with Gasteiger partial charge in [0.2, 0.25) is 5.91 Å². The van der Waals surface area contributed by atoms with Crippen LogP contribution in [0, 0.1) is 0 Å². The van der Waals surface area contributed by atoms with Gasteiger partial charge >= 0.3 is 0 Å². The number of fused-ring (bicyclic) bond motifs is 1. The summed E-state index contributed by atoms with van der Waals surface area (Å²) in [5, 5.41) is 13.3. The molecule has 2 heterocycles. The Kier molecular flexibility index (Phi) is 5.46. The van der Waals surface area contributed by atoms with Gasteiger partial charge in [-0.05, 0) is 30.3 Å². The molecule has 0 aliphatic carbocycles. The fraction of sp³-hybridized carbons (Fsp3) is 0.150. The highest BCUT2D eigenvalue weighted by Gasteiger charge is 2.17. The zero-order valence-corrected chi connectivity index (χ0v) is 17.3. The van der Waals surface area contributed by atoms with E-state index in [2.05, 4.69) is 15.5 Å². The summed E-state index contributed by atoms with van der Waals surface area (Å²) >= 11 is 7.27. The van der Waals surface area contributed by atoms with Crippen LogP contribution in [0.15, 0.2) is 58.1 Å². The standard InChI is InChI=1S/C20H17ClN4O3S/c1-25-19(17-9-12-5-3-4-6-15(12)28-17)23-24-20(25)29-11-18(26)22-14-10-13(21)7-8-16(14)27-2/h3-10H,11H2,1-2H3,(H,22,26). The highest BCUT2D eigenvalue weighted by molar-refractivity contribution is 7.99. The third-order valence-corrected chi connectivity index (χ3v) is 5.50. The summed E-state index contributed by atoms with van der Waals surface area (Å²) in [5.41, 5.74) is 1.31. The monoisotopic (exact) mass is 428 g/mol. The second-order valence-corrected chi connectivity index (χ2v) is 7.57. The zero-order chi connectivity index (χ0) is 20.4. The van der Waals surface area contributed by atoms with Crippen LogP contribution >= 0.6 is 23.4 Å². The Morgan fingerprint density at radius 2 is 2.07 bits per heavy atom. The predicted octanol–water partition coefficient (Wildman–Crippen LogP) is 4.62. The molecule has 0 aliphatic heterocycles. The molecule has 0 fully saturated rings. The van der Waals surface area contributed by atoms with Gasteiger partial charge in [-0.15, -0.1) is 10.2 Å². The topological polar surface area (TPSA) is 82.2 Å². The van der Waals surface area contributed by atoms with E-state index < -0.39 is 0 Å². The van der Waals surface area contributed by atoms with Crippen molar-refractivity contribution in [3.8, 4) is 17.3 Å². The minimum atomic E-state index is -0.205. The Morgan fingerprint density at radius 3 is 2.86 bits per heavy atom. The number of nitrogens with zero attached hydrogens (tertiary/aromatic N) is 3. The number of thioether (sulfide) groups is 1. The Hall–Kier alpha value is -2.97. The minimum Gasteiger partial charge on any atom is -0.495 e. The second-order valence-electron chi connectivity index (χ2n) is 6.20. The Morgan fingerprint density at radius 1 is 1.24 bits per heavy atom. The highest BCUT2D eigenvalue weighted by Crippen LogP contribution is 2.30. The molecule has 2 aromatic carbocycles. The first-order chi connectivity index (χ1) is 14.0. The Labute approximate surface area is 176 Å². The summed E-state index contributed by atoms with van der Waals surface area (Å²) in [6, 6.07) is 14.7. The third kappa shape index (κ3) is 4.08. The maximum atomic E-state index is 12.4. The largest absolute Gasteiger partial charge is 0.495 e. The molecule has 0 atom stereocenters. The molecule has 0 spiro atoms. The molecule has 2 aromatic heterocycles. The molecule has 0 unspecified atom stereocenters. The molecular formula is C20H17ClN4O3S. The van der Waals surface area contributed by atoms with E-state index in [-0.39, 0.29) is 11.7 Å². The van der Waals surface area contributed by atoms with Crippen LogP contribution in [0.2, 0.25) is 5.02 Å². The molecule has 148 valence electrons. The number of carbonyl (C=O) groups excluding carboxylic acids is 1. The predicted molar refractivity (Wildman–Crippen MR) is 114 cm³/mol. The van der Waals surface area contributed by atoms with E-state index in [1.807, 2.05) is 37.4 Å². The number of anilines is 1. The van der Waals surface area contributed by atoms with E-state index >= 15 is 0 Å². The molecule has 0 bridgehead atoms. The van der Waals surface area contributed by atoms with Crippen molar-refractivity contribution >= 4 is 45.9 Å². The number of furan rings is 1. The molecule has 0 aliphatic rings. The van der Waals surface area contributed by atoms with E-state index in [4.69, 9.17) is 20.8 Å². The smallest absolute Gasteiger partial charge is 0.234 e. The summed E-state index contributed by atoms with van der Waals surface area (Å²) in [5.74, 6) is 1.71. The van der Waals surface area contributed by atoms with Crippen LogP contribution in [0.5, 0.6) is 5.75 Å². The highest BCUT2D eigenvalue weighted by atomic mass is 35.5. The number of benzene rings is 2. The van der Waals surface area contributed by atoms with E-state index in [0.29, 0.717) is 33.2 Å². The van der Waals surface area contributed by atoms with E-state index in [1.54, 1.807) is 22.8 Å². The van der Waals surface area contributed by atoms with Crippen LogP contribution in [-0.4, -0.2) is 33.5 Å². The van der Waals surface area contributed by atoms with Crippen LogP contribution in [0.3, 0.4) is 0 Å². The van der Waals surface area contributed by atoms with Gasteiger partial charge in [0.25, 0.3) is 0 Å². The quantitative estimate of drug-likeness (QED) is 0.451. The molecule has 0 saturated carbocycles. The minimum absolute atomic E-state index is 0.155. The molecule has 0 radical (unpaired) electrons. The number of nitrogens with one attached hydrogen (secondary N) is 1. The lowest BCUT2D eigenvalue weighted by Crippen LogP contribution is -2.15. The summed E-state index contributed by atoms with van der Waals surface area (Å²) in [6.07, 6.45) is 0. The molecular weight excluding hydrogens is 412 g/mol. The maximum absolute atomic E-state index is 12.4. The normalized spacial score (nSPS) is 11.0. The van der Waals surface area contributed by atoms with Gasteiger partial charge in [-0.2, -0.15) is 0 Å². The number of carbonyl (C=O) groups is 1. The molecule has 0 saturated heterocycles. The third-order valence-electron chi connectivity index (χ3n) is 4.25. The summed E-state index contributed by atoms with van der Waals surface area (Å²) in [6.45, 7) is 0. The molecule has 4 aromatic rings. The van der Waals surface area contributed by atoms with E-state index in [1.165, 1.54) is 18.9 Å². The van der Waals surface area contributed by atoms with Crippen molar-refractivity contribution in [1.29, 1.82) is 0 Å². The van der Waals surface area contributed by atoms with Crippen molar-refractivity contribution in [2.45, 2.75) is 5.16 Å². The number of aromatic nitrogens is 3. The number of ether oxygens (including phenoxy) is 1. The number of halogens is 1. The number of methoxy groups -OCH3 is 1. The number of hydrogen-bond donors (Lipinski definition) is 1. The van der Waals surface area contributed by atoms with Gasteiger partial charge in [0, 0.05) is 17.5 Å². The fourth-order valence-electron chi connectivity index (χ4n) is 2.84. The Bertz CT molecular complexity index is 1150. The number of rotatable bonds is 6. The lowest BCUT2D eigenvalue weighted by atomic mass is 10.2. The van der Waals surface area contributed by atoms with Gasteiger partial charge in [-0.25, -0.2) is 0 Å². The number of para-hydroxylation sites is 1. The average Bonchev–Trinajstić information content (AvgIpc) is 3.29. The van der Waals surface area contributed by atoms with E-state index in [9.17, 15) is 4.79 Å². The van der Waals surface area contributed by atoms with E-state index in [0.717, 1.165) is 11.0 Å². The fourth-order valence-corrected chi connectivity index (χ4v) is 3.72. The van der Waals surface area contributed by atoms with Crippen molar-refractivity contribution in [2.75, 3.05) is 18.2 Å². The molecule has 1 amide bonds. The number of amides is 1. The number of hydrogen-bond acceptors (Lipinski definition) is 6. The van der Waals surface area contributed by atoms with Gasteiger partial charge in [0.15, 0.2) is 16.7 Å². The molecule has 9 heteroatoms. The average molecular weight is 429 g/mol. The van der Waals surface area contributed by atoms with Crippen LogP contribution in [0.1, 0.15) is 0 Å². The molecule has 1 N–H and O–H groups in total. The van der Waals surface area contributed by atoms with Gasteiger partial charge in [-0.3, -0.25) is 4.79 Å². The van der Waals surface area contributed by atoms with Crippen LogP contribution in [0.25, 0.3) is 22.6 Å². The zero-order valence-electron chi connectivity index (χ0n) is 15.7. The lowest BCUT2D eigenvalue weighted by molar-refractivity contribution is -0.113. The first-order valence-electron chi connectivity index (χ1n) is 8.69. The molecule has 4 rings (SSSR count). The lowest BCUT2D eigenvalue weighted by Gasteiger charge is -2.10. The maximum Gasteiger partial charge on any atom is 0.234 e. The van der Waals surface area contributed by atoms with Crippen molar-refractivity contribution in [1.82, 2.24) is 14.8 Å². The van der Waals surface area contributed by atoms with Crippen LogP contribution in [0.4, 0.5) is 5.69 Å². The van der Waals surface area contributed by atoms with Crippen molar-refractivity contribution in [2.24, 2.45) is 7.05 Å². The van der Waals surface area contributed by atoms with Crippen LogP contribution in [-0.2, 0) is 11.8 Å². The summed E-state index contributed by atoms with van der Waals surface area (Å²) in [4.78, 5) is 12.4. The summed E-state index contributed by atoms with van der Waals surface area (Å²) in [7, 11) is 3.37. The van der Waals surface area contributed by atoms with Gasteiger partial charge < -0.3 is 19.0 Å². The first kappa shape index (κ1) is 19.4. The molecule has 29 heavy (non-hydrogen) atoms. The Balaban J connectivity index is 1.45. The van der Waals surface area contributed by atoms with Gasteiger partial charge in [-0.1, -0.05) is 41.6 Å².